The molecule has 2 amide bonds. The van der Waals surface area contributed by atoms with Gasteiger partial charge in [-0.2, -0.15) is 0 Å². The molecule has 9 nitrogen and oxygen atoms in total. The molecule has 1 saturated heterocycles. The summed E-state index contributed by atoms with van der Waals surface area (Å²) in [4.78, 5) is 47.2. The molecule has 5 rings (SSSR count). The Labute approximate surface area is 236 Å². The fraction of sp³-hybridized carbons (Fsp3) is 0.393. The summed E-state index contributed by atoms with van der Waals surface area (Å²) in [7, 11) is 0. The van der Waals surface area contributed by atoms with Crippen LogP contribution in [0, 0.1) is 0 Å². The van der Waals surface area contributed by atoms with Gasteiger partial charge < -0.3 is 20.1 Å². The van der Waals surface area contributed by atoms with E-state index in [0.29, 0.717) is 53.4 Å². The number of nitrogens with one attached hydrogen (secondary N) is 2. The molecule has 2 atom stereocenters. The number of piperidine rings is 1. The summed E-state index contributed by atoms with van der Waals surface area (Å²) >= 11 is 12.8. The monoisotopic (exact) mass is 567 g/mol. The first kappa shape index (κ1) is 27.1. The van der Waals surface area contributed by atoms with Crippen molar-refractivity contribution in [3.8, 4) is 0 Å². The molecule has 1 aliphatic heterocycles. The lowest BCUT2D eigenvalue weighted by Gasteiger charge is -2.37. The number of likely N-dealkylation sites (tertiary alicyclic amines) is 1. The number of fused-ring (bicyclic) bond motifs is 2. The van der Waals surface area contributed by atoms with Crippen LogP contribution in [0.5, 0.6) is 0 Å². The maximum atomic E-state index is 13.7. The summed E-state index contributed by atoms with van der Waals surface area (Å²) in [5.41, 5.74) is 2.57. The van der Waals surface area contributed by atoms with Gasteiger partial charge in [0.2, 0.25) is 5.91 Å². The molecule has 2 aromatic carbocycles. The number of aromatic nitrogens is 4. The number of imidazole rings is 1. The number of benzene rings is 2. The summed E-state index contributed by atoms with van der Waals surface area (Å²) in [6, 6.07) is 8.21. The van der Waals surface area contributed by atoms with Crippen molar-refractivity contribution >= 4 is 62.8 Å². The fourth-order valence-electron chi connectivity index (χ4n) is 5.16. The molecule has 2 N–H and O–H groups in total. The van der Waals surface area contributed by atoms with Gasteiger partial charge in [-0.3, -0.25) is 9.59 Å². The molecule has 39 heavy (non-hydrogen) atoms. The molecule has 204 valence electrons. The molecular formula is C28H31Cl2N7O2. The molecule has 0 aliphatic carbocycles. The topological polar surface area (TPSA) is 107 Å². The summed E-state index contributed by atoms with van der Waals surface area (Å²) in [6.45, 7) is 7.60. The molecule has 4 aromatic rings. The van der Waals surface area contributed by atoms with E-state index < -0.39 is 6.04 Å². The van der Waals surface area contributed by atoms with E-state index in [4.69, 9.17) is 23.2 Å². The van der Waals surface area contributed by atoms with Crippen LogP contribution < -0.4 is 5.32 Å². The normalized spacial score (nSPS) is 16.4. The molecule has 0 bridgehead atoms. The van der Waals surface area contributed by atoms with Crippen LogP contribution in [-0.4, -0.2) is 67.2 Å². The fourth-order valence-corrected chi connectivity index (χ4v) is 5.58. The number of halogens is 2. The third-order valence-electron chi connectivity index (χ3n) is 7.31. The van der Waals surface area contributed by atoms with Gasteiger partial charge >= 0.3 is 0 Å². The van der Waals surface area contributed by atoms with Gasteiger partial charge in [0.05, 0.1) is 33.2 Å². The van der Waals surface area contributed by atoms with E-state index in [-0.39, 0.29) is 22.9 Å². The highest BCUT2D eigenvalue weighted by molar-refractivity contribution is 6.35. The average Bonchev–Trinajstić information content (AvgIpc) is 3.37. The van der Waals surface area contributed by atoms with E-state index in [2.05, 4.69) is 25.3 Å². The first-order valence-electron chi connectivity index (χ1n) is 13.3. The van der Waals surface area contributed by atoms with Gasteiger partial charge in [-0.25, -0.2) is 15.0 Å². The Morgan fingerprint density at radius 2 is 1.92 bits per heavy atom. The lowest BCUT2D eigenvalue weighted by atomic mass is 9.99. The van der Waals surface area contributed by atoms with E-state index in [1.807, 2.05) is 39.0 Å². The van der Waals surface area contributed by atoms with Crippen molar-refractivity contribution in [3.63, 3.8) is 0 Å². The Morgan fingerprint density at radius 3 is 2.69 bits per heavy atom. The molecule has 0 radical (unpaired) electrons. The van der Waals surface area contributed by atoms with E-state index in [9.17, 15) is 9.59 Å². The van der Waals surface area contributed by atoms with Gasteiger partial charge in [0, 0.05) is 30.0 Å². The molecule has 3 heterocycles. The van der Waals surface area contributed by atoms with Crippen molar-refractivity contribution in [3.05, 3.63) is 58.1 Å². The van der Waals surface area contributed by atoms with Crippen LogP contribution in [0.1, 0.15) is 62.3 Å². The predicted octanol–water partition coefficient (Wildman–Crippen LogP) is 5.85. The number of rotatable bonds is 7. The van der Waals surface area contributed by atoms with Crippen LogP contribution >= 0.6 is 23.2 Å². The van der Waals surface area contributed by atoms with Gasteiger partial charge in [0.1, 0.15) is 24.0 Å². The Morgan fingerprint density at radius 1 is 1.13 bits per heavy atom. The lowest BCUT2D eigenvalue weighted by Crippen LogP contribution is -2.53. The first-order chi connectivity index (χ1) is 18.8. The number of aromatic amines is 1. The number of amides is 2. The van der Waals surface area contributed by atoms with Crippen molar-refractivity contribution in [2.45, 2.75) is 52.1 Å². The summed E-state index contributed by atoms with van der Waals surface area (Å²) in [6.07, 6.45) is 3.85. The smallest absolute Gasteiger partial charge is 0.256 e. The van der Waals surface area contributed by atoms with Crippen LogP contribution in [0.15, 0.2) is 36.7 Å². The number of hydrogen-bond donors (Lipinski definition) is 2. The standard InChI is InChI=1S/C28H31Cl2N7O2/c1-4-36(5-2)28(39)24-8-6-7-11-37(24)27(38)18-14-22-19(13-20(18)30)26(32-15-31-22)33-16(3)25-34-21-10-9-17(29)12-23(21)35-25/h9-10,12-16,24H,4-8,11H2,1-3H3,(H,34,35)(H,31,32,33). The highest BCUT2D eigenvalue weighted by Gasteiger charge is 2.35. The van der Waals surface area contributed by atoms with Gasteiger partial charge in [-0.05, 0) is 70.4 Å². The summed E-state index contributed by atoms with van der Waals surface area (Å²) in [5.74, 6) is 1.03. The van der Waals surface area contributed by atoms with Crippen LogP contribution in [-0.2, 0) is 4.79 Å². The molecule has 2 unspecified atom stereocenters. The molecule has 11 heteroatoms. The van der Waals surface area contributed by atoms with Crippen molar-refractivity contribution < 1.29 is 9.59 Å². The van der Waals surface area contributed by atoms with Crippen LogP contribution in [0.2, 0.25) is 10.0 Å². The van der Waals surface area contributed by atoms with Crippen LogP contribution in [0.3, 0.4) is 0 Å². The minimum Gasteiger partial charge on any atom is -0.360 e. The zero-order valence-corrected chi connectivity index (χ0v) is 23.7. The number of nitrogens with zero attached hydrogens (tertiary/aromatic N) is 5. The second kappa shape index (κ2) is 11.4. The highest BCUT2D eigenvalue weighted by Crippen LogP contribution is 2.31. The number of anilines is 1. The number of H-pyrrole nitrogens is 1. The van der Waals surface area contributed by atoms with E-state index in [0.717, 1.165) is 29.7 Å². The lowest BCUT2D eigenvalue weighted by molar-refractivity contribution is -0.136. The third kappa shape index (κ3) is 5.38. The van der Waals surface area contributed by atoms with Crippen LogP contribution in [0.25, 0.3) is 21.9 Å². The van der Waals surface area contributed by atoms with E-state index in [1.54, 1.807) is 21.9 Å². The minimum atomic E-state index is -0.486. The van der Waals surface area contributed by atoms with Gasteiger partial charge in [0.25, 0.3) is 5.91 Å². The number of carbonyl (C=O) groups is 2. The SMILES string of the molecule is CCN(CC)C(=O)C1CCCCN1C(=O)c1cc2ncnc(NC(C)c3nc4cc(Cl)ccc4[nH]3)c2cc1Cl. The molecule has 2 aromatic heterocycles. The Kier molecular flexibility index (Phi) is 7.91. The highest BCUT2D eigenvalue weighted by atomic mass is 35.5. The van der Waals surface area contributed by atoms with Crippen molar-refractivity contribution in [2.75, 3.05) is 25.0 Å². The zero-order chi connectivity index (χ0) is 27.7. The van der Waals surface area contributed by atoms with Crippen molar-refractivity contribution in [1.82, 2.24) is 29.7 Å². The summed E-state index contributed by atoms with van der Waals surface area (Å²) < 4.78 is 0. The maximum absolute atomic E-state index is 13.7. The second-order valence-corrected chi connectivity index (χ2v) is 10.6. The van der Waals surface area contributed by atoms with E-state index >= 15 is 0 Å². The zero-order valence-electron chi connectivity index (χ0n) is 22.2. The quantitative estimate of drug-likeness (QED) is 0.290. The predicted molar refractivity (Wildman–Crippen MR) is 154 cm³/mol. The Bertz CT molecular complexity index is 1540. The van der Waals surface area contributed by atoms with Gasteiger partial charge in [-0.1, -0.05) is 23.2 Å². The second-order valence-electron chi connectivity index (χ2n) is 9.74. The van der Waals surface area contributed by atoms with Crippen molar-refractivity contribution in [1.29, 1.82) is 0 Å². The molecule has 0 spiro atoms. The molecule has 1 fully saturated rings. The third-order valence-corrected chi connectivity index (χ3v) is 7.85. The number of hydrogen-bond acceptors (Lipinski definition) is 6. The van der Waals surface area contributed by atoms with Crippen LogP contribution in [0.4, 0.5) is 5.82 Å². The average molecular weight is 569 g/mol. The molecule has 1 aliphatic rings. The minimum absolute atomic E-state index is 0.0133. The van der Waals surface area contributed by atoms with Gasteiger partial charge in [0.15, 0.2) is 0 Å². The molecular weight excluding hydrogens is 537 g/mol. The molecule has 0 saturated carbocycles. The summed E-state index contributed by atoms with van der Waals surface area (Å²) in [5, 5.41) is 4.97. The maximum Gasteiger partial charge on any atom is 0.256 e. The van der Waals surface area contributed by atoms with Gasteiger partial charge in [-0.15, -0.1) is 0 Å². The van der Waals surface area contributed by atoms with E-state index in [1.165, 1.54) is 6.33 Å². The first-order valence-corrected chi connectivity index (χ1v) is 14.0. The number of likely N-dealkylation sites (N-methyl/N-ethyl adjacent to an activating group) is 1. The largest absolute Gasteiger partial charge is 0.360 e. The Hall–Kier alpha value is -3.43. The number of carbonyl (C=O) groups excluding carboxylic acids is 2. The van der Waals surface area contributed by atoms with Crippen molar-refractivity contribution in [2.24, 2.45) is 0 Å². The Balaban J connectivity index is 1.43.